The number of carbonyl (C=O) groups excluding carboxylic acids is 1. The van der Waals surface area contributed by atoms with Gasteiger partial charge in [-0.25, -0.2) is 4.98 Å². The molecule has 3 aromatic heterocycles. The summed E-state index contributed by atoms with van der Waals surface area (Å²) in [6.07, 6.45) is 3.79. The molecule has 0 N–H and O–H groups in total. The third-order valence-corrected chi connectivity index (χ3v) is 5.39. The summed E-state index contributed by atoms with van der Waals surface area (Å²) in [5.74, 6) is 0.746. The second-order valence-electron chi connectivity index (χ2n) is 6.37. The van der Waals surface area contributed by atoms with Crippen LogP contribution in [0.25, 0.3) is 16.8 Å². The van der Waals surface area contributed by atoms with Crippen LogP contribution >= 0.6 is 11.3 Å². The van der Waals surface area contributed by atoms with Crippen LogP contribution in [0, 0.1) is 13.8 Å². The molecule has 0 saturated heterocycles. The monoisotopic (exact) mass is 378 g/mol. The Morgan fingerprint density at radius 3 is 2.85 bits per heavy atom. The highest BCUT2D eigenvalue weighted by atomic mass is 32.1. The molecule has 136 valence electrons. The van der Waals surface area contributed by atoms with Crippen molar-refractivity contribution in [3.05, 3.63) is 64.0 Å². The number of aryl methyl sites for hydroxylation is 2. The lowest BCUT2D eigenvalue weighted by molar-refractivity contribution is 0.0994. The van der Waals surface area contributed by atoms with Crippen molar-refractivity contribution in [2.24, 2.45) is 0 Å². The fourth-order valence-electron chi connectivity index (χ4n) is 3.05. The van der Waals surface area contributed by atoms with Gasteiger partial charge in [0.2, 0.25) is 0 Å². The van der Waals surface area contributed by atoms with Gasteiger partial charge < -0.3 is 4.74 Å². The molecule has 0 radical (unpaired) electrons. The van der Waals surface area contributed by atoms with Gasteiger partial charge in [-0.3, -0.25) is 9.20 Å². The van der Waals surface area contributed by atoms with Gasteiger partial charge in [0.25, 0.3) is 0 Å². The zero-order chi connectivity index (χ0) is 19.0. The van der Waals surface area contributed by atoms with Crippen molar-refractivity contribution in [3.8, 4) is 16.9 Å². The Bertz CT molecular complexity index is 1150. The second kappa shape index (κ2) is 6.92. The van der Waals surface area contributed by atoms with Crippen LogP contribution in [0.3, 0.4) is 0 Å². The molecule has 4 rings (SSSR count). The lowest BCUT2D eigenvalue weighted by atomic mass is 9.99. The third kappa shape index (κ3) is 3.33. The highest BCUT2D eigenvalue weighted by Crippen LogP contribution is 2.29. The van der Waals surface area contributed by atoms with Crippen molar-refractivity contribution >= 4 is 22.8 Å². The quantitative estimate of drug-likeness (QED) is 0.493. The van der Waals surface area contributed by atoms with E-state index in [0.717, 1.165) is 33.1 Å². The zero-order valence-electron chi connectivity index (χ0n) is 15.3. The number of hydrogen-bond acceptors (Lipinski definition) is 6. The van der Waals surface area contributed by atoms with Crippen LogP contribution in [-0.4, -0.2) is 32.5 Å². The maximum absolute atomic E-state index is 13.0. The fourth-order valence-corrected chi connectivity index (χ4v) is 3.82. The standard InChI is InChI=1S/C20H18N4O2S/c1-12-4-5-15(26-3)7-16(12)14-6-17(20-23-21-11-24(20)9-14)18(25)8-19-22-13(2)10-27-19/h4-7,9-11H,8H2,1-3H3. The van der Waals surface area contributed by atoms with Crippen molar-refractivity contribution in [1.29, 1.82) is 0 Å². The fraction of sp³-hybridized carbons (Fsp3) is 0.200. The molecule has 0 spiro atoms. The number of hydrogen-bond donors (Lipinski definition) is 0. The number of carbonyl (C=O) groups is 1. The molecule has 7 heteroatoms. The molecule has 0 saturated carbocycles. The van der Waals surface area contributed by atoms with Crippen LogP contribution in [0.1, 0.15) is 26.6 Å². The van der Waals surface area contributed by atoms with Gasteiger partial charge in [0.1, 0.15) is 17.1 Å². The van der Waals surface area contributed by atoms with Crippen LogP contribution in [0.5, 0.6) is 5.75 Å². The van der Waals surface area contributed by atoms with Gasteiger partial charge in [-0.1, -0.05) is 6.07 Å². The number of Topliss-reactive ketones (excluding diaryl/α,β-unsaturated/α-hetero) is 1. The summed E-state index contributed by atoms with van der Waals surface area (Å²) in [6, 6.07) is 7.78. The van der Waals surface area contributed by atoms with E-state index < -0.39 is 0 Å². The van der Waals surface area contributed by atoms with Gasteiger partial charge in [-0.05, 0) is 48.7 Å². The van der Waals surface area contributed by atoms with Crippen LogP contribution in [0.15, 0.2) is 42.2 Å². The first-order valence-corrected chi connectivity index (χ1v) is 9.35. The number of rotatable bonds is 5. The first kappa shape index (κ1) is 17.4. The number of benzene rings is 1. The number of ketones is 1. The number of methoxy groups -OCH3 is 1. The van der Waals surface area contributed by atoms with E-state index in [1.807, 2.05) is 49.7 Å². The van der Waals surface area contributed by atoms with E-state index in [0.29, 0.717) is 11.2 Å². The normalized spacial score (nSPS) is 11.1. The molecular formula is C20H18N4O2S. The molecule has 0 atom stereocenters. The van der Waals surface area contributed by atoms with E-state index >= 15 is 0 Å². The van der Waals surface area contributed by atoms with Crippen LogP contribution in [0.4, 0.5) is 0 Å². The minimum Gasteiger partial charge on any atom is -0.497 e. The van der Waals surface area contributed by atoms with E-state index in [9.17, 15) is 4.79 Å². The molecule has 0 aliphatic rings. The Morgan fingerprint density at radius 2 is 2.11 bits per heavy atom. The van der Waals surface area contributed by atoms with E-state index in [1.54, 1.807) is 17.8 Å². The van der Waals surface area contributed by atoms with E-state index in [-0.39, 0.29) is 12.2 Å². The van der Waals surface area contributed by atoms with Gasteiger partial charge in [-0.15, -0.1) is 21.5 Å². The van der Waals surface area contributed by atoms with Crippen molar-refractivity contribution < 1.29 is 9.53 Å². The van der Waals surface area contributed by atoms with Crippen LogP contribution < -0.4 is 4.74 Å². The Balaban J connectivity index is 1.81. The van der Waals surface area contributed by atoms with Gasteiger partial charge >= 0.3 is 0 Å². The van der Waals surface area contributed by atoms with Crippen molar-refractivity contribution in [2.75, 3.05) is 7.11 Å². The molecule has 0 fully saturated rings. The summed E-state index contributed by atoms with van der Waals surface area (Å²) < 4.78 is 7.14. The summed E-state index contributed by atoms with van der Waals surface area (Å²) in [6.45, 7) is 3.96. The lowest BCUT2D eigenvalue weighted by Crippen LogP contribution is -2.07. The zero-order valence-corrected chi connectivity index (χ0v) is 16.1. The van der Waals surface area contributed by atoms with Crippen molar-refractivity contribution in [3.63, 3.8) is 0 Å². The Morgan fingerprint density at radius 1 is 1.26 bits per heavy atom. The third-order valence-electron chi connectivity index (χ3n) is 4.43. The maximum Gasteiger partial charge on any atom is 0.173 e. The minimum absolute atomic E-state index is 0.0234. The van der Waals surface area contributed by atoms with E-state index in [2.05, 4.69) is 15.2 Å². The smallest absolute Gasteiger partial charge is 0.173 e. The molecule has 4 aromatic rings. The molecule has 6 nitrogen and oxygen atoms in total. The Labute approximate surface area is 160 Å². The first-order valence-electron chi connectivity index (χ1n) is 8.48. The molecule has 0 bridgehead atoms. The van der Waals surface area contributed by atoms with E-state index in [1.165, 1.54) is 11.3 Å². The predicted octanol–water partition coefficient (Wildman–Crippen LogP) is 3.90. The molecule has 1 aromatic carbocycles. The Kier molecular flexibility index (Phi) is 4.45. The number of thiazole rings is 1. The molecule has 0 amide bonds. The second-order valence-corrected chi connectivity index (χ2v) is 7.31. The number of fused-ring (bicyclic) bond motifs is 1. The number of pyridine rings is 1. The summed E-state index contributed by atoms with van der Waals surface area (Å²) in [7, 11) is 1.64. The summed E-state index contributed by atoms with van der Waals surface area (Å²) in [5.41, 5.74) is 5.03. The van der Waals surface area contributed by atoms with Crippen molar-refractivity contribution in [1.82, 2.24) is 19.6 Å². The number of ether oxygens (including phenoxy) is 1. The number of aromatic nitrogens is 4. The van der Waals surface area contributed by atoms with E-state index in [4.69, 9.17) is 4.74 Å². The lowest BCUT2D eigenvalue weighted by Gasteiger charge is -2.11. The topological polar surface area (TPSA) is 69.4 Å². The molecule has 27 heavy (non-hydrogen) atoms. The molecule has 3 heterocycles. The predicted molar refractivity (Wildman–Crippen MR) is 105 cm³/mol. The highest BCUT2D eigenvalue weighted by molar-refractivity contribution is 7.09. The largest absolute Gasteiger partial charge is 0.497 e. The average Bonchev–Trinajstić information content (AvgIpc) is 3.29. The minimum atomic E-state index is -0.0234. The van der Waals surface area contributed by atoms with Crippen molar-refractivity contribution in [2.45, 2.75) is 20.3 Å². The molecule has 0 aliphatic heterocycles. The van der Waals surface area contributed by atoms with Gasteiger partial charge in [0, 0.05) is 17.3 Å². The summed E-state index contributed by atoms with van der Waals surface area (Å²) >= 11 is 1.50. The first-order chi connectivity index (χ1) is 13.0. The van der Waals surface area contributed by atoms with Crippen LogP contribution in [-0.2, 0) is 6.42 Å². The Hall–Kier alpha value is -3.06. The van der Waals surface area contributed by atoms with Gasteiger partial charge in [0.05, 0.1) is 19.1 Å². The molecule has 0 unspecified atom stereocenters. The van der Waals surface area contributed by atoms with Crippen LogP contribution in [0.2, 0.25) is 0 Å². The molecular weight excluding hydrogens is 360 g/mol. The number of nitrogens with zero attached hydrogens (tertiary/aromatic N) is 4. The highest BCUT2D eigenvalue weighted by Gasteiger charge is 2.17. The van der Waals surface area contributed by atoms with Gasteiger partial charge in [-0.2, -0.15) is 0 Å². The van der Waals surface area contributed by atoms with Gasteiger partial charge in [0.15, 0.2) is 11.4 Å². The SMILES string of the molecule is COc1ccc(C)c(-c2cc(C(=O)Cc3nc(C)cs3)c3nncn3c2)c1. The maximum atomic E-state index is 13.0. The summed E-state index contributed by atoms with van der Waals surface area (Å²) in [4.78, 5) is 17.4. The summed E-state index contributed by atoms with van der Waals surface area (Å²) in [5, 5.41) is 10.9. The average molecular weight is 378 g/mol. The molecule has 0 aliphatic carbocycles.